The summed E-state index contributed by atoms with van der Waals surface area (Å²) in [4.78, 5) is 15.6. The number of ether oxygens (including phenoxy) is 2. The van der Waals surface area contributed by atoms with Crippen molar-refractivity contribution in [2.45, 2.75) is 26.4 Å². The van der Waals surface area contributed by atoms with Crippen molar-refractivity contribution in [3.05, 3.63) is 24.5 Å². The van der Waals surface area contributed by atoms with E-state index in [1.54, 1.807) is 29.0 Å². The van der Waals surface area contributed by atoms with Crippen molar-refractivity contribution in [2.24, 2.45) is 0 Å². The molecule has 96 valence electrons. The molecule has 2 rings (SSSR count). The van der Waals surface area contributed by atoms with E-state index >= 15 is 0 Å². The van der Waals surface area contributed by atoms with Crippen LogP contribution in [0.25, 0.3) is 5.65 Å². The SMILES string of the molecule is CC(C)(C)OC(=O)COc1ccn2nccc2n1. The Morgan fingerprint density at radius 3 is 2.89 bits per heavy atom. The maximum Gasteiger partial charge on any atom is 0.344 e. The quantitative estimate of drug-likeness (QED) is 0.770. The maximum absolute atomic E-state index is 11.5. The number of nitrogens with zero attached hydrogens (tertiary/aromatic N) is 3. The molecule has 6 heteroatoms. The van der Waals surface area contributed by atoms with Crippen molar-refractivity contribution in [1.82, 2.24) is 14.6 Å². The van der Waals surface area contributed by atoms with Crippen molar-refractivity contribution in [2.75, 3.05) is 6.61 Å². The zero-order valence-electron chi connectivity index (χ0n) is 10.6. The Labute approximate surface area is 105 Å². The molecule has 2 aromatic rings. The predicted molar refractivity (Wildman–Crippen MR) is 64.3 cm³/mol. The lowest BCUT2D eigenvalue weighted by atomic mass is 10.2. The first-order valence-corrected chi connectivity index (χ1v) is 5.59. The molecule has 0 saturated heterocycles. The Morgan fingerprint density at radius 1 is 1.39 bits per heavy atom. The summed E-state index contributed by atoms with van der Waals surface area (Å²) in [7, 11) is 0. The number of carbonyl (C=O) groups excluding carboxylic acids is 1. The third-order valence-corrected chi connectivity index (χ3v) is 1.99. The van der Waals surface area contributed by atoms with Gasteiger partial charge in [-0.1, -0.05) is 0 Å². The van der Waals surface area contributed by atoms with Crippen molar-refractivity contribution < 1.29 is 14.3 Å². The lowest BCUT2D eigenvalue weighted by molar-refractivity contribution is -0.157. The van der Waals surface area contributed by atoms with E-state index in [-0.39, 0.29) is 6.61 Å². The third kappa shape index (κ3) is 3.19. The van der Waals surface area contributed by atoms with Gasteiger partial charge >= 0.3 is 5.97 Å². The van der Waals surface area contributed by atoms with Crippen LogP contribution in [0.5, 0.6) is 5.88 Å². The molecule has 0 amide bonds. The molecule has 18 heavy (non-hydrogen) atoms. The van der Waals surface area contributed by atoms with Crippen LogP contribution in [-0.4, -0.2) is 32.8 Å². The molecular weight excluding hydrogens is 234 g/mol. The number of rotatable bonds is 3. The van der Waals surface area contributed by atoms with Gasteiger partial charge in [-0.3, -0.25) is 0 Å². The first kappa shape index (κ1) is 12.3. The van der Waals surface area contributed by atoms with E-state index in [9.17, 15) is 4.79 Å². The second kappa shape index (κ2) is 4.64. The van der Waals surface area contributed by atoms with Crippen molar-refractivity contribution >= 4 is 11.6 Å². The van der Waals surface area contributed by atoms with Gasteiger partial charge in [-0.05, 0) is 20.8 Å². The highest BCUT2D eigenvalue weighted by molar-refractivity contribution is 5.71. The zero-order valence-corrected chi connectivity index (χ0v) is 10.6. The summed E-state index contributed by atoms with van der Waals surface area (Å²) in [5.74, 6) is -0.0495. The Morgan fingerprint density at radius 2 is 2.17 bits per heavy atom. The average molecular weight is 249 g/mol. The van der Waals surface area contributed by atoms with E-state index < -0.39 is 11.6 Å². The number of esters is 1. The normalized spacial score (nSPS) is 11.5. The highest BCUT2D eigenvalue weighted by atomic mass is 16.6. The minimum absolute atomic E-state index is 0.158. The summed E-state index contributed by atoms with van der Waals surface area (Å²) in [5, 5.41) is 4.01. The van der Waals surface area contributed by atoms with Crippen LogP contribution in [0.1, 0.15) is 20.8 Å². The average Bonchev–Trinajstić information content (AvgIpc) is 2.71. The van der Waals surface area contributed by atoms with Gasteiger partial charge in [0, 0.05) is 18.3 Å². The molecule has 0 atom stereocenters. The number of carbonyl (C=O) groups is 1. The van der Waals surface area contributed by atoms with Crippen LogP contribution in [0, 0.1) is 0 Å². The molecule has 0 aliphatic rings. The fraction of sp³-hybridized carbons (Fsp3) is 0.417. The van der Waals surface area contributed by atoms with Crippen molar-refractivity contribution in [3.8, 4) is 5.88 Å². The number of fused-ring (bicyclic) bond motifs is 1. The Balaban J connectivity index is 1.95. The first-order chi connectivity index (χ1) is 8.44. The molecule has 0 unspecified atom stereocenters. The van der Waals surface area contributed by atoms with Crippen LogP contribution >= 0.6 is 0 Å². The smallest absolute Gasteiger partial charge is 0.344 e. The van der Waals surface area contributed by atoms with Gasteiger partial charge in [-0.2, -0.15) is 10.1 Å². The highest BCUT2D eigenvalue weighted by Crippen LogP contribution is 2.10. The van der Waals surface area contributed by atoms with E-state index in [4.69, 9.17) is 9.47 Å². The van der Waals surface area contributed by atoms with E-state index in [2.05, 4.69) is 10.1 Å². The largest absolute Gasteiger partial charge is 0.466 e. The second-order valence-electron chi connectivity index (χ2n) is 4.77. The van der Waals surface area contributed by atoms with Crippen LogP contribution in [0.3, 0.4) is 0 Å². The van der Waals surface area contributed by atoms with Crippen LogP contribution in [0.4, 0.5) is 0 Å². The molecule has 2 aromatic heterocycles. The van der Waals surface area contributed by atoms with Gasteiger partial charge in [0.25, 0.3) is 0 Å². The molecule has 0 bridgehead atoms. The summed E-state index contributed by atoms with van der Waals surface area (Å²) in [6.07, 6.45) is 3.35. The number of hydrogen-bond donors (Lipinski definition) is 0. The lowest BCUT2D eigenvalue weighted by Crippen LogP contribution is -2.27. The molecule has 0 aliphatic carbocycles. The maximum atomic E-state index is 11.5. The van der Waals surface area contributed by atoms with Gasteiger partial charge in [0.05, 0.1) is 6.20 Å². The van der Waals surface area contributed by atoms with Crippen LogP contribution in [0.15, 0.2) is 24.5 Å². The minimum atomic E-state index is -0.511. The van der Waals surface area contributed by atoms with E-state index in [1.807, 2.05) is 20.8 Å². The van der Waals surface area contributed by atoms with Crippen molar-refractivity contribution in [3.63, 3.8) is 0 Å². The van der Waals surface area contributed by atoms with E-state index in [1.165, 1.54) is 0 Å². The molecule has 0 N–H and O–H groups in total. The second-order valence-corrected chi connectivity index (χ2v) is 4.77. The first-order valence-electron chi connectivity index (χ1n) is 5.59. The summed E-state index contributed by atoms with van der Waals surface area (Å²) < 4.78 is 12.0. The molecule has 0 aromatic carbocycles. The molecule has 0 saturated carbocycles. The standard InChI is InChI=1S/C12H15N3O3/c1-12(2,3)18-11(16)8-17-10-5-7-15-9(14-10)4-6-13-15/h4-7H,8H2,1-3H3. The molecule has 6 nitrogen and oxygen atoms in total. The van der Waals surface area contributed by atoms with Gasteiger partial charge in [0.15, 0.2) is 12.3 Å². The van der Waals surface area contributed by atoms with Gasteiger partial charge in [-0.25, -0.2) is 9.31 Å². The predicted octanol–water partition coefficient (Wildman–Crippen LogP) is 1.45. The van der Waals surface area contributed by atoms with Crippen molar-refractivity contribution in [1.29, 1.82) is 0 Å². The molecule has 0 fully saturated rings. The van der Waals surface area contributed by atoms with E-state index in [0.29, 0.717) is 11.5 Å². The minimum Gasteiger partial charge on any atom is -0.466 e. The number of aromatic nitrogens is 3. The Bertz CT molecular complexity index is 557. The molecule has 0 aliphatic heterocycles. The summed E-state index contributed by atoms with van der Waals surface area (Å²) >= 11 is 0. The van der Waals surface area contributed by atoms with Gasteiger partial charge < -0.3 is 9.47 Å². The summed E-state index contributed by atoms with van der Waals surface area (Å²) in [5.41, 5.74) is 0.153. The summed E-state index contributed by atoms with van der Waals surface area (Å²) in [6, 6.07) is 3.39. The molecule has 0 radical (unpaired) electrons. The zero-order chi connectivity index (χ0) is 13.2. The highest BCUT2D eigenvalue weighted by Gasteiger charge is 2.16. The molecular formula is C12H15N3O3. The van der Waals surface area contributed by atoms with E-state index in [0.717, 1.165) is 0 Å². The lowest BCUT2D eigenvalue weighted by Gasteiger charge is -2.19. The Kier molecular flexibility index (Phi) is 3.18. The van der Waals surface area contributed by atoms with Gasteiger partial charge in [0.2, 0.25) is 5.88 Å². The Hall–Kier alpha value is -2.11. The van der Waals surface area contributed by atoms with Gasteiger partial charge in [-0.15, -0.1) is 0 Å². The number of hydrogen-bond acceptors (Lipinski definition) is 5. The van der Waals surface area contributed by atoms with Crippen LogP contribution in [-0.2, 0) is 9.53 Å². The van der Waals surface area contributed by atoms with Gasteiger partial charge in [0.1, 0.15) is 5.60 Å². The monoisotopic (exact) mass is 249 g/mol. The molecule has 2 heterocycles. The van der Waals surface area contributed by atoms with Crippen LogP contribution in [0.2, 0.25) is 0 Å². The third-order valence-electron chi connectivity index (χ3n) is 1.99. The fourth-order valence-corrected chi connectivity index (χ4v) is 1.38. The summed E-state index contributed by atoms with van der Waals surface area (Å²) in [6.45, 7) is 5.26. The molecule has 0 spiro atoms. The fourth-order valence-electron chi connectivity index (χ4n) is 1.38. The van der Waals surface area contributed by atoms with Crippen LogP contribution < -0.4 is 4.74 Å². The topological polar surface area (TPSA) is 65.7 Å².